The van der Waals surface area contributed by atoms with Gasteiger partial charge in [-0.15, -0.1) is 0 Å². The molecule has 0 N–H and O–H groups in total. The molecule has 19 heavy (non-hydrogen) atoms. The van der Waals surface area contributed by atoms with Crippen molar-refractivity contribution in [3.63, 3.8) is 0 Å². The second kappa shape index (κ2) is 6.26. The molecular formula is C15H21FN2O. The van der Waals surface area contributed by atoms with E-state index in [1.165, 1.54) is 12.1 Å². The summed E-state index contributed by atoms with van der Waals surface area (Å²) in [7, 11) is 2.11. The normalized spacial score (nSPS) is 22.2. The van der Waals surface area contributed by atoms with Crippen LogP contribution in [0.1, 0.15) is 23.7 Å². The fourth-order valence-electron chi connectivity index (χ4n) is 2.57. The number of rotatable bonds is 3. The van der Waals surface area contributed by atoms with E-state index in [1.54, 1.807) is 12.1 Å². The van der Waals surface area contributed by atoms with Gasteiger partial charge in [-0.25, -0.2) is 4.39 Å². The first-order chi connectivity index (χ1) is 9.06. The zero-order chi connectivity index (χ0) is 13.8. The molecule has 4 heteroatoms. The fourth-order valence-corrected chi connectivity index (χ4v) is 2.57. The number of carbonyl (C=O) groups is 1. The van der Waals surface area contributed by atoms with E-state index in [1.807, 2.05) is 0 Å². The van der Waals surface area contributed by atoms with E-state index >= 15 is 0 Å². The number of Topliss-reactive ketones (excluding diaryl/α,β-unsaturated/α-hetero) is 1. The maximum absolute atomic E-state index is 12.8. The van der Waals surface area contributed by atoms with Crippen molar-refractivity contribution in [2.45, 2.75) is 19.4 Å². The summed E-state index contributed by atoms with van der Waals surface area (Å²) in [4.78, 5) is 16.7. The van der Waals surface area contributed by atoms with Crippen LogP contribution in [0.2, 0.25) is 0 Å². The van der Waals surface area contributed by atoms with E-state index in [9.17, 15) is 9.18 Å². The second-order valence-electron chi connectivity index (χ2n) is 5.37. The molecule has 104 valence electrons. The molecule has 1 unspecified atom stereocenters. The van der Waals surface area contributed by atoms with Crippen molar-refractivity contribution < 1.29 is 9.18 Å². The van der Waals surface area contributed by atoms with Crippen LogP contribution in [0.5, 0.6) is 0 Å². The van der Waals surface area contributed by atoms with Crippen molar-refractivity contribution >= 4 is 5.78 Å². The molecule has 3 nitrogen and oxygen atoms in total. The standard InChI is InChI=1S/C15H21FN2O/c1-12-10-17(2)8-3-9-18(12)11-15(19)13-4-6-14(16)7-5-13/h4-7,12H,3,8-11H2,1-2H3. The fraction of sp³-hybridized carbons (Fsp3) is 0.533. The molecule has 1 fully saturated rings. The van der Waals surface area contributed by atoms with Gasteiger partial charge < -0.3 is 4.90 Å². The third-order valence-corrected chi connectivity index (χ3v) is 3.70. The van der Waals surface area contributed by atoms with E-state index in [0.29, 0.717) is 18.2 Å². The monoisotopic (exact) mass is 264 g/mol. The number of likely N-dealkylation sites (N-methyl/N-ethyl adjacent to an activating group) is 1. The highest BCUT2D eigenvalue weighted by Crippen LogP contribution is 2.11. The van der Waals surface area contributed by atoms with Gasteiger partial charge >= 0.3 is 0 Å². The van der Waals surface area contributed by atoms with E-state index in [-0.39, 0.29) is 11.6 Å². The Morgan fingerprint density at radius 2 is 2.00 bits per heavy atom. The van der Waals surface area contributed by atoms with Crippen molar-refractivity contribution in [1.29, 1.82) is 0 Å². The molecule has 1 aromatic carbocycles. The number of halogens is 1. The topological polar surface area (TPSA) is 23.6 Å². The lowest BCUT2D eigenvalue weighted by Gasteiger charge is -2.27. The van der Waals surface area contributed by atoms with Crippen molar-refractivity contribution in [2.24, 2.45) is 0 Å². The van der Waals surface area contributed by atoms with Crippen LogP contribution in [0.3, 0.4) is 0 Å². The first-order valence-electron chi connectivity index (χ1n) is 6.77. The Labute approximate surface area is 114 Å². The van der Waals surface area contributed by atoms with Crippen LogP contribution >= 0.6 is 0 Å². The van der Waals surface area contributed by atoms with Crippen molar-refractivity contribution in [2.75, 3.05) is 33.2 Å². The molecule has 0 amide bonds. The minimum absolute atomic E-state index is 0.0661. The molecule has 1 aromatic rings. The smallest absolute Gasteiger partial charge is 0.176 e. The van der Waals surface area contributed by atoms with Gasteiger partial charge in [0.1, 0.15) is 5.82 Å². The van der Waals surface area contributed by atoms with Gasteiger partial charge in [0, 0.05) is 24.7 Å². The predicted octanol–water partition coefficient (Wildman–Crippen LogP) is 2.03. The minimum atomic E-state index is -0.304. The molecule has 0 aliphatic carbocycles. The Kier molecular flexibility index (Phi) is 4.66. The summed E-state index contributed by atoms with van der Waals surface area (Å²) in [5.74, 6) is -0.238. The number of benzene rings is 1. The summed E-state index contributed by atoms with van der Waals surface area (Å²) in [5.41, 5.74) is 0.589. The zero-order valence-corrected chi connectivity index (χ0v) is 11.6. The van der Waals surface area contributed by atoms with E-state index in [0.717, 1.165) is 26.1 Å². The quantitative estimate of drug-likeness (QED) is 0.781. The maximum Gasteiger partial charge on any atom is 0.176 e. The second-order valence-corrected chi connectivity index (χ2v) is 5.37. The van der Waals surface area contributed by atoms with E-state index in [2.05, 4.69) is 23.8 Å². The minimum Gasteiger partial charge on any atom is -0.305 e. The summed E-state index contributed by atoms with van der Waals surface area (Å²) in [6, 6.07) is 6.18. The first kappa shape index (κ1) is 14.2. The van der Waals surface area contributed by atoms with E-state index < -0.39 is 0 Å². The van der Waals surface area contributed by atoms with Crippen LogP contribution in [0.25, 0.3) is 0 Å². The SMILES string of the molecule is CC1CN(C)CCCN1CC(=O)c1ccc(F)cc1. The van der Waals surface area contributed by atoms with Crippen LogP contribution in [-0.2, 0) is 0 Å². The van der Waals surface area contributed by atoms with Crippen LogP contribution in [-0.4, -0.2) is 54.9 Å². The van der Waals surface area contributed by atoms with Gasteiger partial charge in [-0.2, -0.15) is 0 Å². The summed E-state index contributed by atoms with van der Waals surface area (Å²) < 4.78 is 12.8. The molecule has 2 rings (SSSR count). The highest BCUT2D eigenvalue weighted by atomic mass is 19.1. The summed E-state index contributed by atoms with van der Waals surface area (Å²) in [5, 5.41) is 0. The summed E-state index contributed by atoms with van der Waals surface area (Å²) in [6.45, 7) is 5.57. The lowest BCUT2D eigenvalue weighted by Crippen LogP contribution is -2.40. The zero-order valence-electron chi connectivity index (χ0n) is 11.6. The molecule has 0 bridgehead atoms. The Balaban J connectivity index is 1.99. The average Bonchev–Trinajstić information content (AvgIpc) is 2.52. The summed E-state index contributed by atoms with van der Waals surface area (Å²) >= 11 is 0. The van der Waals surface area contributed by atoms with Crippen molar-refractivity contribution in [3.8, 4) is 0 Å². The Morgan fingerprint density at radius 3 is 2.68 bits per heavy atom. The highest BCUT2D eigenvalue weighted by Gasteiger charge is 2.21. The lowest BCUT2D eigenvalue weighted by atomic mass is 10.1. The molecule has 1 aliphatic heterocycles. The van der Waals surface area contributed by atoms with Crippen molar-refractivity contribution in [3.05, 3.63) is 35.6 Å². The number of hydrogen-bond acceptors (Lipinski definition) is 3. The first-order valence-corrected chi connectivity index (χ1v) is 6.77. The van der Waals surface area contributed by atoms with Gasteiger partial charge in [0.2, 0.25) is 0 Å². The summed E-state index contributed by atoms with van der Waals surface area (Å²) in [6.07, 6.45) is 1.08. The van der Waals surface area contributed by atoms with Crippen LogP contribution in [0, 0.1) is 5.82 Å². The third kappa shape index (κ3) is 3.85. The lowest BCUT2D eigenvalue weighted by molar-refractivity contribution is 0.0900. The molecule has 0 spiro atoms. The van der Waals surface area contributed by atoms with Crippen molar-refractivity contribution in [1.82, 2.24) is 9.80 Å². The maximum atomic E-state index is 12.8. The molecule has 0 aromatic heterocycles. The molecule has 0 saturated carbocycles. The number of nitrogens with zero attached hydrogens (tertiary/aromatic N) is 2. The van der Waals surface area contributed by atoms with E-state index in [4.69, 9.17) is 0 Å². The molecule has 1 saturated heterocycles. The van der Waals surface area contributed by atoms with Gasteiger partial charge in [-0.05, 0) is 51.2 Å². The third-order valence-electron chi connectivity index (χ3n) is 3.70. The van der Waals surface area contributed by atoms with Gasteiger partial charge in [0.25, 0.3) is 0 Å². The average molecular weight is 264 g/mol. The molecule has 0 radical (unpaired) electrons. The molecule has 1 atom stereocenters. The number of carbonyl (C=O) groups excluding carboxylic acids is 1. The van der Waals surface area contributed by atoms with Gasteiger partial charge in [0.05, 0.1) is 6.54 Å². The van der Waals surface area contributed by atoms with Gasteiger partial charge in [0.15, 0.2) is 5.78 Å². The number of hydrogen-bond donors (Lipinski definition) is 0. The van der Waals surface area contributed by atoms with Gasteiger partial charge in [-0.1, -0.05) is 0 Å². The Hall–Kier alpha value is -1.26. The van der Waals surface area contributed by atoms with Gasteiger partial charge in [-0.3, -0.25) is 9.69 Å². The molecular weight excluding hydrogens is 243 g/mol. The molecule has 1 aliphatic rings. The number of ketones is 1. The van der Waals surface area contributed by atoms with Crippen LogP contribution < -0.4 is 0 Å². The van der Waals surface area contributed by atoms with Crippen LogP contribution in [0.4, 0.5) is 4.39 Å². The largest absolute Gasteiger partial charge is 0.305 e. The Bertz CT molecular complexity index is 432. The molecule has 1 heterocycles. The van der Waals surface area contributed by atoms with Crippen LogP contribution in [0.15, 0.2) is 24.3 Å². The highest BCUT2D eigenvalue weighted by molar-refractivity contribution is 5.97. The Morgan fingerprint density at radius 1 is 1.32 bits per heavy atom. The predicted molar refractivity (Wildman–Crippen MR) is 73.9 cm³/mol.